The van der Waals surface area contributed by atoms with Crippen molar-refractivity contribution < 1.29 is 14.7 Å². The standard InChI is InChI=1S/C44H40N2O3S/c1-33(42(48)49)45-41(47)40(46-43(34-20-8-2-9-21-34,35-22-10-3-11-23-35)36-24-12-4-13-25-36)32-50-44(37-26-14-5-15-27-37,38-28-16-6-17-29-38)39-30-18-7-19-31-39/h2-31,33,40,46H,32H2,1H3,(H,45,47)(H,48,49)/t33-,40+/m1/s1. The lowest BCUT2D eigenvalue weighted by atomic mass is 9.76. The summed E-state index contributed by atoms with van der Waals surface area (Å²) in [5, 5.41) is 16.5. The van der Waals surface area contributed by atoms with Crippen LogP contribution < -0.4 is 10.6 Å². The number of hydrogen-bond acceptors (Lipinski definition) is 4. The van der Waals surface area contributed by atoms with Gasteiger partial charge >= 0.3 is 5.97 Å². The van der Waals surface area contributed by atoms with Gasteiger partial charge in [-0.25, -0.2) is 0 Å². The Hall–Kier alpha value is -5.43. The van der Waals surface area contributed by atoms with Crippen LogP contribution in [0.25, 0.3) is 0 Å². The average Bonchev–Trinajstić information content (AvgIpc) is 3.18. The van der Waals surface area contributed by atoms with Crippen molar-refractivity contribution in [3.8, 4) is 0 Å². The quantitative estimate of drug-likeness (QED) is 0.101. The van der Waals surface area contributed by atoms with Gasteiger partial charge in [-0.05, 0) is 40.3 Å². The molecule has 0 fully saturated rings. The van der Waals surface area contributed by atoms with Gasteiger partial charge in [-0.15, -0.1) is 11.8 Å². The van der Waals surface area contributed by atoms with Crippen LogP contribution in [-0.4, -0.2) is 34.8 Å². The van der Waals surface area contributed by atoms with E-state index in [9.17, 15) is 14.7 Å². The monoisotopic (exact) mass is 676 g/mol. The predicted octanol–water partition coefficient (Wildman–Crippen LogP) is 8.25. The maximum atomic E-state index is 14.5. The van der Waals surface area contributed by atoms with Crippen molar-refractivity contribution in [1.29, 1.82) is 0 Å². The van der Waals surface area contributed by atoms with Crippen LogP contribution in [-0.2, 0) is 19.9 Å². The van der Waals surface area contributed by atoms with Gasteiger partial charge in [0.2, 0.25) is 5.91 Å². The molecule has 0 heterocycles. The third-order valence-corrected chi connectivity index (χ3v) is 10.7. The van der Waals surface area contributed by atoms with Gasteiger partial charge in [-0.1, -0.05) is 182 Å². The van der Waals surface area contributed by atoms with E-state index in [2.05, 4.69) is 83.4 Å². The zero-order chi connectivity index (χ0) is 34.8. The first kappa shape index (κ1) is 34.4. The SMILES string of the molecule is C[C@@H](NC(=O)[C@H](CSC(c1ccccc1)(c1ccccc1)c1ccccc1)NC(c1ccccc1)(c1ccccc1)c1ccccc1)C(=O)O. The van der Waals surface area contributed by atoms with Crippen molar-refractivity contribution >= 4 is 23.6 Å². The first-order chi connectivity index (χ1) is 24.4. The number of carbonyl (C=O) groups excluding carboxylic acids is 1. The molecule has 2 atom stereocenters. The zero-order valence-corrected chi connectivity index (χ0v) is 28.7. The Morgan fingerprint density at radius 3 is 1.14 bits per heavy atom. The highest BCUT2D eigenvalue weighted by molar-refractivity contribution is 8.00. The molecule has 0 bridgehead atoms. The van der Waals surface area contributed by atoms with Gasteiger partial charge in [-0.3, -0.25) is 14.9 Å². The lowest BCUT2D eigenvalue weighted by Gasteiger charge is -2.41. The average molecular weight is 677 g/mol. The number of carbonyl (C=O) groups is 2. The summed E-state index contributed by atoms with van der Waals surface area (Å²) in [7, 11) is 0. The molecular weight excluding hydrogens is 637 g/mol. The molecule has 0 aromatic heterocycles. The van der Waals surface area contributed by atoms with E-state index in [1.165, 1.54) is 6.92 Å². The molecule has 0 aliphatic rings. The molecule has 0 aliphatic carbocycles. The molecule has 5 nitrogen and oxygen atoms in total. The van der Waals surface area contributed by atoms with E-state index in [-0.39, 0.29) is 0 Å². The molecular formula is C44H40N2O3S. The summed E-state index contributed by atoms with van der Waals surface area (Å²) in [4.78, 5) is 26.5. The highest BCUT2D eigenvalue weighted by atomic mass is 32.2. The fraction of sp³-hybridized carbons (Fsp3) is 0.136. The summed E-state index contributed by atoms with van der Waals surface area (Å²) in [5.74, 6) is -1.20. The molecule has 0 radical (unpaired) electrons. The van der Waals surface area contributed by atoms with Gasteiger partial charge in [0.25, 0.3) is 0 Å². The van der Waals surface area contributed by atoms with Crippen molar-refractivity contribution in [1.82, 2.24) is 10.6 Å². The van der Waals surface area contributed by atoms with Gasteiger partial charge in [0.15, 0.2) is 0 Å². The molecule has 6 aromatic carbocycles. The molecule has 250 valence electrons. The third-order valence-electron chi connectivity index (χ3n) is 9.06. The van der Waals surface area contributed by atoms with Crippen molar-refractivity contribution in [3.63, 3.8) is 0 Å². The second kappa shape index (κ2) is 15.9. The highest BCUT2D eigenvalue weighted by Gasteiger charge is 2.43. The van der Waals surface area contributed by atoms with E-state index in [4.69, 9.17) is 0 Å². The number of amides is 1. The Bertz CT molecular complexity index is 1770. The van der Waals surface area contributed by atoms with E-state index in [1.807, 2.05) is 109 Å². The van der Waals surface area contributed by atoms with Crippen LogP contribution in [0.5, 0.6) is 0 Å². The minimum Gasteiger partial charge on any atom is -0.480 e. The minimum absolute atomic E-state index is 0.297. The van der Waals surface area contributed by atoms with E-state index in [0.717, 1.165) is 33.4 Å². The minimum atomic E-state index is -1.10. The van der Waals surface area contributed by atoms with Crippen molar-refractivity contribution in [3.05, 3.63) is 215 Å². The van der Waals surface area contributed by atoms with Crippen molar-refractivity contribution in [2.75, 3.05) is 5.75 Å². The first-order valence-electron chi connectivity index (χ1n) is 16.7. The number of hydrogen-bond donors (Lipinski definition) is 3. The molecule has 6 heteroatoms. The lowest BCUT2D eigenvalue weighted by Crippen LogP contribution is -2.58. The molecule has 0 unspecified atom stereocenters. The number of benzene rings is 6. The van der Waals surface area contributed by atoms with Crippen LogP contribution in [0.15, 0.2) is 182 Å². The molecule has 50 heavy (non-hydrogen) atoms. The van der Waals surface area contributed by atoms with Crippen molar-refractivity contribution in [2.24, 2.45) is 0 Å². The Morgan fingerprint density at radius 2 is 0.840 bits per heavy atom. The number of nitrogens with one attached hydrogen (secondary N) is 2. The first-order valence-corrected chi connectivity index (χ1v) is 17.7. The molecule has 1 amide bonds. The van der Waals surface area contributed by atoms with Crippen molar-refractivity contribution in [2.45, 2.75) is 29.3 Å². The van der Waals surface area contributed by atoms with E-state index >= 15 is 0 Å². The molecule has 0 aliphatic heterocycles. The summed E-state index contributed by atoms with van der Waals surface area (Å²) in [6.07, 6.45) is 0. The maximum Gasteiger partial charge on any atom is 0.325 e. The Kier molecular flexibility index (Phi) is 10.9. The highest BCUT2D eigenvalue weighted by Crippen LogP contribution is 2.49. The molecule has 6 aromatic rings. The maximum absolute atomic E-state index is 14.5. The molecule has 0 saturated carbocycles. The molecule has 0 spiro atoms. The summed E-state index contributed by atoms with van der Waals surface area (Å²) in [6.45, 7) is 1.49. The van der Waals surface area contributed by atoms with Gasteiger partial charge in [0.05, 0.1) is 16.3 Å². The van der Waals surface area contributed by atoms with Gasteiger partial charge in [0.1, 0.15) is 6.04 Å². The van der Waals surface area contributed by atoms with E-state index in [1.54, 1.807) is 11.8 Å². The van der Waals surface area contributed by atoms with Crippen LogP contribution in [0.2, 0.25) is 0 Å². The number of rotatable bonds is 14. The van der Waals surface area contributed by atoms with Crippen LogP contribution in [0.4, 0.5) is 0 Å². The summed E-state index contributed by atoms with van der Waals surface area (Å²) < 4.78 is -0.697. The van der Waals surface area contributed by atoms with Gasteiger partial charge < -0.3 is 10.4 Å². The van der Waals surface area contributed by atoms with Crippen LogP contribution in [0, 0.1) is 0 Å². The molecule has 0 saturated heterocycles. The summed E-state index contributed by atoms with van der Waals surface area (Å²) >= 11 is 1.66. The van der Waals surface area contributed by atoms with Crippen LogP contribution >= 0.6 is 11.8 Å². The number of carboxylic acid groups (broad SMARTS) is 1. The fourth-order valence-electron chi connectivity index (χ4n) is 6.61. The molecule has 6 rings (SSSR count). The normalized spacial score (nSPS) is 12.8. The second-order valence-electron chi connectivity index (χ2n) is 12.2. The summed E-state index contributed by atoms with van der Waals surface area (Å²) in [6, 6.07) is 59.4. The number of thioether (sulfide) groups is 1. The number of aliphatic carboxylic acids is 1. The summed E-state index contributed by atoms with van der Waals surface area (Å²) in [5.41, 5.74) is 5.10. The lowest BCUT2D eigenvalue weighted by molar-refractivity contribution is -0.141. The fourth-order valence-corrected chi connectivity index (χ4v) is 8.17. The largest absolute Gasteiger partial charge is 0.480 e. The van der Waals surface area contributed by atoms with Gasteiger partial charge in [0, 0.05) is 5.75 Å². The second-order valence-corrected chi connectivity index (χ2v) is 13.4. The van der Waals surface area contributed by atoms with Crippen LogP contribution in [0.3, 0.4) is 0 Å². The zero-order valence-electron chi connectivity index (χ0n) is 27.9. The van der Waals surface area contributed by atoms with E-state index in [0.29, 0.717) is 5.75 Å². The van der Waals surface area contributed by atoms with Crippen LogP contribution in [0.1, 0.15) is 40.3 Å². The van der Waals surface area contributed by atoms with Gasteiger partial charge in [-0.2, -0.15) is 0 Å². The smallest absolute Gasteiger partial charge is 0.325 e. The van der Waals surface area contributed by atoms with E-state index < -0.39 is 34.2 Å². The number of carboxylic acids is 1. The Morgan fingerprint density at radius 1 is 0.540 bits per heavy atom. The molecule has 3 N–H and O–H groups in total. The Labute approximate surface area is 298 Å². The Balaban J connectivity index is 1.54. The predicted molar refractivity (Wildman–Crippen MR) is 203 cm³/mol. The third kappa shape index (κ3) is 7.13. The topological polar surface area (TPSA) is 78.4 Å².